The molecule has 4 aromatic rings. The molecule has 0 amide bonds. The third-order valence-electron chi connectivity index (χ3n) is 4.76. The van der Waals surface area contributed by atoms with Crippen LogP contribution in [0.25, 0.3) is 21.3 Å². The molecule has 6 nitrogen and oxygen atoms in total. The number of fused-ring (bicyclic) bond motifs is 1. The summed E-state index contributed by atoms with van der Waals surface area (Å²) in [5.41, 5.74) is 2.38. The largest absolute Gasteiger partial charge is 0.493 e. The van der Waals surface area contributed by atoms with E-state index in [-0.39, 0.29) is 11.4 Å². The lowest BCUT2D eigenvalue weighted by atomic mass is 10.1. The molecule has 158 valence electrons. The Morgan fingerprint density at radius 3 is 2.87 bits per heavy atom. The Morgan fingerprint density at radius 1 is 1.19 bits per heavy atom. The van der Waals surface area contributed by atoms with Crippen molar-refractivity contribution in [2.75, 3.05) is 18.5 Å². The van der Waals surface area contributed by atoms with Gasteiger partial charge in [0.15, 0.2) is 0 Å². The van der Waals surface area contributed by atoms with Gasteiger partial charge >= 0.3 is 5.97 Å². The number of anilines is 1. The lowest BCUT2D eigenvalue weighted by Crippen LogP contribution is -2.07. The molecule has 31 heavy (non-hydrogen) atoms. The van der Waals surface area contributed by atoms with Crippen molar-refractivity contribution in [3.63, 3.8) is 0 Å². The Hall–Kier alpha value is -3.52. The molecule has 0 aliphatic carbocycles. The van der Waals surface area contributed by atoms with Gasteiger partial charge in [-0.05, 0) is 53.9 Å². The highest BCUT2D eigenvalue weighted by Crippen LogP contribution is 2.28. The first-order valence-electron chi connectivity index (χ1n) is 9.77. The molecule has 2 heterocycles. The SMILES string of the molecule is CCOc1cc(-c2cc(NCCc3cc(F)c4sccc4c3)ncn2)ccc1C(=O)O. The first-order chi connectivity index (χ1) is 15.0. The zero-order valence-corrected chi connectivity index (χ0v) is 17.6. The lowest BCUT2D eigenvalue weighted by Gasteiger charge is -2.11. The van der Waals surface area contributed by atoms with Crippen LogP contribution >= 0.6 is 11.3 Å². The van der Waals surface area contributed by atoms with Gasteiger partial charge in [-0.1, -0.05) is 12.1 Å². The molecule has 0 bridgehead atoms. The fourth-order valence-corrected chi connectivity index (χ4v) is 4.11. The van der Waals surface area contributed by atoms with Crippen molar-refractivity contribution in [1.29, 1.82) is 0 Å². The molecule has 0 spiro atoms. The third-order valence-corrected chi connectivity index (χ3v) is 5.70. The number of ether oxygens (including phenoxy) is 1. The number of thiophene rings is 1. The predicted molar refractivity (Wildman–Crippen MR) is 120 cm³/mol. The van der Waals surface area contributed by atoms with Crippen molar-refractivity contribution in [3.05, 3.63) is 71.1 Å². The summed E-state index contributed by atoms with van der Waals surface area (Å²) in [5.74, 6) is -0.312. The van der Waals surface area contributed by atoms with E-state index in [9.17, 15) is 14.3 Å². The second-order valence-corrected chi connectivity index (χ2v) is 7.75. The molecule has 0 radical (unpaired) electrons. The molecule has 8 heteroatoms. The molecular formula is C23H20FN3O3S. The molecule has 0 saturated carbocycles. The van der Waals surface area contributed by atoms with Gasteiger partial charge in [0, 0.05) is 18.2 Å². The molecule has 0 fully saturated rings. The van der Waals surface area contributed by atoms with Gasteiger partial charge in [0.05, 0.1) is 17.0 Å². The Kier molecular flexibility index (Phi) is 6.08. The average molecular weight is 437 g/mol. The van der Waals surface area contributed by atoms with E-state index in [1.54, 1.807) is 31.2 Å². The summed E-state index contributed by atoms with van der Waals surface area (Å²) >= 11 is 1.40. The van der Waals surface area contributed by atoms with E-state index in [1.807, 2.05) is 17.5 Å². The lowest BCUT2D eigenvalue weighted by molar-refractivity contribution is 0.0692. The number of hydrogen-bond acceptors (Lipinski definition) is 6. The van der Waals surface area contributed by atoms with Gasteiger partial charge in [-0.2, -0.15) is 0 Å². The highest BCUT2D eigenvalue weighted by atomic mass is 32.1. The highest BCUT2D eigenvalue weighted by Gasteiger charge is 2.13. The van der Waals surface area contributed by atoms with E-state index in [2.05, 4.69) is 15.3 Å². The minimum Gasteiger partial charge on any atom is -0.493 e. The number of benzene rings is 2. The van der Waals surface area contributed by atoms with Crippen molar-refractivity contribution < 1.29 is 19.0 Å². The zero-order valence-electron chi connectivity index (χ0n) is 16.8. The minimum atomic E-state index is -1.04. The van der Waals surface area contributed by atoms with Crippen LogP contribution in [0.1, 0.15) is 22.8 Å². The summed E-state index contributed by atoms with van der Waals surface area (Å²) in [4.78, 5) is 19.9. The monoisotopic (exact) mass is 437 g/mol. The second-order valence-electron chi connectivity index (χ2n) is 6.83. The van der Waals surface area contributed by atoms with Gasteiger partial charge in [-0.15, -0.1) is 11.3 Å². The first kappa shape index (κ1) is 20.7. The van der Waals surface area contributed by atoms with Crippen LogP contribution in [0, 0.1) is 5.82 Å². The van der Waals surface area contributed by atoms with Crippen molar-refractivity contribution in [3.8, 4) is 17.0 Å². The van der Waals surface area contributed by atoms with Crippen LogP contribution in [0.4, 0.5) is 10.2 Å². The molecule has 2 aromatic heterocycles. The van der Waals surface area contributed by atoms with Crippen molar-refractivity contribution in [2.24, 2.45) is 0 Å². The van der Waals surface area contributed by atoms with Gasteiger partial charge in [0.2, 0.25) is 0 Å². The fraction of sp³-hybridized carbons (Fsp3) is 0.174. The summed E-state index contributed by atoms with van der Waals surface area (Å²) in [6.45, 7) is 2.73. The van der Waals surface area contributed by atoms with E-state index >= 15 is 0 Å². The van der Waals surface area contributed by atoms with Crippen molar-refractivity contribution in [1.82, 2.24) is 9.97 Å². The topological polar surface area (TPSA) is 84.3 Å². The number of carboxylic acids is 1. The molecule has 0 unspecified atom stereocenters. The summed E-state index contributed by atoms with van der Waals surface area (Å²) in [7, 11) is 0. The van der Waals surface area contributed by atoms with Crippen LogP contribution in [0.5, 0.6) is 5.75 Å². The maximum atomic E-state index is 14.2. The number of carboxylic acid groups (broad SMARTS) is 1. The first-order valence-corrected chi connectivity index (χ1v) is 10.6. The summed E-state index contributed by atoms with van der Waals surface area (Å²) in [6.07, 6.45) is 2.09. The smallest absolute Gasteiger partial charge is 0.339 e. The molecule has 0 aliphatic rings. The number of aromatic carboxylic acids is 1. The highest BCUT2D eigenvalue weighted by molar-refractivity contribution is 7.17. The van der Waals surface area contributed by atoms with E-state index in [0.717, 1.165) is 16.5 Å². The molecular weight excluding hydrogens is 417 g/mol. The van der Waals surface area contributed by atoms with E-state index in [4.69, 9.17) is 4.74 Å². The standard InChI is InChI=1S/C23H20FN3O3S/c1-2-30-20-11-15(3-4-17(20)23(28)29)19-12-21(27-13-26-19)25-7-5-14-9-16-6-8-31-22(16)18(24)10-14/h3-4,6,8-13H,2,5,7H2,1H3,(H,28,29)(H,25,26,27). The second kappa shape index (κ2) is 9.09. The van der Waals surface area contributed by atoms with E-state index in [1.165, 1.54) is 23.7 Å². The van der Waals surface area contributed by atoms with Crippen LogP contribution in [-0.2, 0) is 6.42 Å². The molecule has 2 aromatic carbocycles. The van der Waals surface area contributed by atoms with Crippen molar-refractivity contribution >= 4 is 33.2 Å². The fourth-order valence-electron chi connectivity index (χ4n) is 3.32. The van der Waals surface area contributed by atoms with Crippen molar-refractivity contribution in [2.45, 2.75) is 13.3 Å². The number of rotatable bonds is 8. The Bertz CT molecular complexity index is 1240. The molecule has 0 atom stereocenters. The zero-order chi connectivity index (χ0) is 21.8. The number of nitrogens with one attached hydrogen (secondary N) is 1. The van der Waals surface area contributed by atoms with Crippen LogP contribution in [0.2, 0.25) is 0 Å². The van der Waals surface area contributed by atoms with Gasteiger partial charge in [0.25, 0.3) is 0 Å². The van der Waals surface area contributed by atoms with Gasteiger partial charge < -0.3 is 15.2 Å². The minimum absolute atomic E-state index is 0.104. The molecule has 0 aliphatic heterocycles. The summed E-state index contributed by atoms with van der Waals surface area (Å²) < 4.78 is 20.3. The third kappa shape index (κ3) is 4.64. The molecule has 4 rings (SSSR count). The Balaban J connectivity index is 1.48. The van der Waals surface area contributed by atoms with Gasteiger partial charge in [-0.25, -0.2) is 19.2 Å². The van der Waals surface area contributed by atoms with Crippen LogP contribution in [-0.4, -0.2) is 34.2 Å². The van der Waals surface area contributed by atoms with Crippen LogP contribution < -0.4 is 10.1 Å². The maximum absolute atomic E-state index is 14.2. The van der Waals surface area contributed by atoms with Crippen LogP contribution in [0.3, 0.4) is 0 Å². The normalized spacial score (nSPS) is 10.9. The van der Waals surface area contributed by atoms with Gasteiger partial charge in [0.1, 0.15) is 29.3 Å². The maximum Gasteiger partial charge on any atom is 0.339 e. The summed E-state index contributed by atoms with van der Waals surface area (Å²) in [5, 5.41) is 15.4. The molecule has 2 N–H and O–H groups in total. The number of halogens is 1. The van der Waals surface area contributed by atoms with Crippen LogP contribution in [0.15, 0.2) is 54.2 Å². The number of aromatic nitrogens is 2. The average Bonchev–Trinajstić information content (AvgIpc) is 3.23. The molecule has 0 saturated heterocycles. The summed E-state index contributed by atoms with van der Waals surface area (Å²) in [6, 6.07) is 12.1. The number of nitrogens with zero attached hydrogens (tertiary/aromatic N) is 2. The number of hydrogen-bond donors (Lipinski definition) is 2. The number of carbonyl (C=O) groups is 1. The van der Waals surface area contributed by atoms with E-state index < -0.39 is 5.97 Å². The Morgan fingerprint density at radius 2 is 2.06 bits per heavy atom. The van der Waals surface area contributed by atoms with E-state index in [0.29, 0.717) is 41.5 Å². The quantitative estimate of drug-likeness (QED) is 0.392. The van der Waals surface area contributed by atoms with Gasteiger partial charge in [-0.3, -0.25) is 0 Å². The Labute approximate surface area is 182 Å². The predicted octanol–water partition coefficient (Wildman–Crippen LogP) is 5.25.